The number of nitrogens with zero attached hydrogens (tertiary/aromatic N) is 3. The number of thiazole rings is 1. The molecule has 1 saturated carbocycles. The molecular weight excluding hydrogens is 391 g/mol. The molecule has 0 amide bonds. The maximum atomic E-state index is 13.4. The van der Waals surface area contributed by atoms with Gasteiger partial charge in [0.25, 0.3) is 0 Å². The molecule has 0 atom stereocenters. The predicted molar refractivity (Wildman–Crippen MR) is 111 cm³/mol. The van der Waals surface area contributed by atoms with Gasteiger partial charge in [-0.3, -0.25) is 0 Å². The van der Waals surface area contributed by atoms with Gasteiger partial charge in [-0.2, -0.15) is 0 Å². The van der Waals surface area contributed by atoms with E-state index < -0.39 is 11.4 Å². The Hall–Kier alpha value is -2.42. The number of aliphatic hydroxyl groups is 2. The van der Waals surface area contributed by atoms with Crippen LogP contribution >= 0.6 is 11.3 Å². The highest BCUT2D eigenvalue weighted by molar-refractivity contribution is 7.15. The molecule has 0 saturated heterocycles. The number of aryl methyl sites for hydroxylation is 2. The highest BCUT2D eigenvalue weighted by Crippen LogP contribution is 2.41. The van der Waals surface area contributed by atoms with E-state index in [-0.39, 0.29) is 11.8 Å². The van der Waals surface area contributed by atoms with Gasteiger partial charge in [0.1, 0.15) is 10.6 Å². The molecule has 3 aromatic rings. The molecule has 0 bridgehead atoms. The molecule has 4 rings (SSSR count). The summed E-state index contributed by atoms with van der Waals surface area (Å²) < 4.78 is 13.4. The molecule has 0 aliphatic heterocycles. The lowest BCUT2D eigenvalue weighted by atomic mass is 9.84. The number of halogens is 1. The maximum absolute atomic E-state index is 13.4. The molecule has 8 heteroatoms. The van der Waals surface area contributed by atoms with Crippen molar-refractivity contribution >= 4 is 23.0 Å². The number of hydrogen-bond donors (Lipinski definition) is 3. The lowest BCUT2D eigenvalue weighted by Crippen LogP contribution is -2.33. The van der Waals surface area contributed by atoms with Crippen molar-refractivity contribution in [3.05, 3.63) is 52.7 Å². The van der Waals surface area contributed by atoms with Crippen molar-refractivity contribution in [2.24, 2.45) is 0 Å². The summed E-state index contributed by atoms with van der Waals surface area (Å²) in [5.74, 6) is -0.105. The van der Waals surface area contributed by atoms with Gasteiger partial charge in [0.2, 0.25) is 5.95 Å². The molecule has 0 radical (unpaired) electrons. The Morgan fingerprint density at radius 2 is 1.90 bits per heavy atom. The van der Waals surface area contributed by atoms with E-state index in [1.54, 1.807) is 13.1 Å². The lowest BCUT2D eigenvalue weighted by molar-refractivity contribution is -0.0362. The molecule has 2 aromatic heterocycles. The first-order valence-corrected chi connectivity index (χ1v) is 10.4. The van der Waals surface area contributed by atoms with E-state index in [0.717, 1.165) is 27.9 Å². The van der Waals surface area contributed by atoms with E-state index in [1.165, 1.54) is 11.3 Å². The molecule has 1 fully saturated rings. The summed E-state index contributed by atoms with van der Waals surface area (Å²) in [6, 6.07) is 5.97. The van der Waals surface area contributed by atoms with Gasteiger partial charge in [-0.05, 0) is 62.8 Å². The fourth-order valence-corrected chi connectivity index (χ4v) is 4.60. The fraction of sp³-hybridized carbons (Fsp3) is 0.381. The smallest absolute Gasteiger partial charge is 0.227 e. The molecule has 3 N–H and O–H groups in total. The SMILES string of the molecule is Cc1cc(Nc2ncc(F)c(C)n2)cc(-c2cnc(C3(O)CCC(O)CC3)s2)c1. The standard InChI is InChI=1S/C21H23FN4O2S/c1-12-7-14(9-15(8-12)26-20-24-10-17(22)13(2)25-20)18-11-23-19(29-18)21(28)5-3-16(27)4-6-21/h7-11,16,27-28H,3-6H2,1-2H3,(H,24,25,26). The molecule has 1 aliphatic rings. The quantitative estimate of drug-likeness (QED) is 0.592. The maximum Gasteiger partial charge on any atom is 0.227 e. The van der Waals surface area contributed by atoms with Crippen molar-refractivity contribution in [3.63, 3.8) is 0 Å². The monoisotopic (exact) mass is 414 g/mol. The normalized spacial score (nSPS) is 21.9. The zero-order valence-corrected chi connectivity index (χ0v) is 17.1. The summed E-state index contributed by atoms with van der Waals surface area (Å²) in [7, 11) is 0. The minimum atomic E-state index is -0.966. The zero-order valence-electron chi connectivity index (χ0n) is 16.3. The fourth-order valence-electron chi connectivity index (χ4n) is 3.56. The Bertz CT molecular complexity index is 1030. The van der Waals surface area contributed by atoms with Gasteiger partial charge in [0.15, 0.2) is 5.82 Å². The van der Waals surface area contributed by atoms with Crippen LogP contribution in [0.4, 0.5) is 16.0 Å². The number of benzene rings is 1. The van der Waals surface area contributed by atoms with Crippen LogP contribution < -0.4 is 5.32 Å². The van der Waals surface area contributed by atoms with Gasteiger partial charge in [-0.1, -0.05) is 6.07 Å². The largest absolute Gasteiger partial charge is 0.393 e. The van der Waals surface area contributed by atoms with Crippen LogP contribution in [-0.4, -0.2) is 31.3 Å². The predicted octanol–water partition coefficient (Wildman–Crippen LogP) is 4.22. The van der Waals surface area contributed by atoms with Crippen molar-refractivity contribution < 1.29 is 14.6 Å². The van der Waals surface area contributed by atoms with Crippen molar-refractivity contribution in [2.75, 3.05) is 5.32 Å². The molecule has 0 unspecified atom stereocenters. The topological polar surface area (TPSA) is 91.2 Å². The number of hydrogen-bond acceptors (Lipinski definition) is 7. The van der Waals surface area contributed by atoms with Gasteiger partial charge in [-0.15, -0.1) is 11.3 Å². The second kappa shape index (κ2) is 7.78. The van der Waals surface area contributed by atoms with Crippen LogP contribution in [0.2, 0.25) is 0 Å². The number of anilines is 2. The minimum Gasteiger partial charge on any atom is -0.393 e. The first-order chi connectivity index (χ1) is 13.8. The van der Waals surface area contributed by atoms with Crippen LogP contribution in [0.5, 0.6) is 0 Å². The van der Waals surface area contributed by atoms with Crippen LogP contribution in [0.25, 0.3) is 10.4 Å². The Kier molecular flexibility index (Phi) is 5.33. The van der Waals surface area contributed by atoms with E-state index in [2.05, 4.69) is 20.3 Å². The molecule has 1 aliphatic carbocycles. The van der Waals surface area contributed by atoms with Gasteiger partial charge in [-0.25, -0.2) is 19.3 Å². The van der Waals surface area contributed by atoms with Crippen molar-refractivity contribution in [3.8, 4) is 10.4 Å². The Labute approximate surface area is 172 Å². The highest BCUT2D eigenvalue weighted by atomic mass is 32.1. The minimum absolute atomic E-state index is 0.285. The third kappa shape index (κ3) is 4.29. The average Bonchev–Trinajstić information content (AvgIpc) is 3.18. The summed E-state index contributed by atoms with van der Waals surface area (Å²) in [6.07, 6.45) is 4.80. The third-order valence-electron chi connectivity index (χ3n) is 5.22. The lowest BCUT2D eigenvalue weighted by Gasteiger charge is -2.32. The average molecular weight is 415 g/mol. The number of nitrogens with one attached hydrogen (secondary N) is 1. The summed E-state index contributed by atoms with van der Waals surface area (Å²) >= 11 is 1.47. The molecule has 6 nitrogen and oxygen atoms in total. The van der Waals surface area contributed by atoms with Gasteiger partial charge < -0.3 is 15.5 Å². The summed E-state index contributed by atoms with van der Waals surface area (Å²) in [5.41, 5.74) is 2.12. The van der Waals surface area contributed by atoms with Crippen LogP contribution in [0.1, 0.15) is 41.9 Å². The molecule has 0 spiro atoms. The van der Waals surface area contributed by atoms with Gasteiger partial charge in [0.05, 0.1) is 22.9 Å². The van der Waals surface area contributed by atoms with E-state index in [9.17, 15) is 14.6 Å². The number of aromatic nitrogens is 3. The summed E-state index contributed by atoms with van der Waals surface area (Å²) in [5, 5.41) is 24.5. The van der Waals surface area contributed by atoms with Crippen LogP contribution in [0, 0.1) is 19.7 Å². The Morgan fingerprint density at radius 1 is 1.14 bits per heavy atom. The molecule has 1 aromatic carbocycles. The first kappa shape index (κ1) is 19.9. The number of rotatable bonds is 4. The zero-order chi connectivity index (χ0) is 20.6. The van der Waals surface area contributed by atoms with Crippen LogP contribution in [0.15, 0.2) is 30.6 Å². The Morgan fingerprint density at radius 3 is 2.62 bits per heavy atom. The van der Waals surface area contributed by atoms with Gasteiger partial charge >= 0.3 is 0 Å². The van der Waals surface area contributed by atoms with E-state index in [1.807, 2.05) is 25.1 Å². The third-order valence-corrected chi connectivity index (χ3v) is 6.46. The second-order valence-corrected chi connectivity index (χ2v) is 8.66. The van der Waals surface area contributed by atoms with E-state index in [4.69, 9.17) is 0 Å². The van der Waals surface area contributed by atoms with E-state index in [0.29, 0.717) is 36.6 Å². The van der Waals surface area contributed by atoms with Crippen molar-refractivity contribution in [2.45, 2.75) is 51.2 Å². The molecule has 152 valence electrons. The first-order valence-electron chi connectivity index (χ1n) is 9.57. The molecule has 2 heterocycles. The number of aliphatic hydroxyl groups excluding tert-OH is 1. The highest BCUT2D eigenvalue weighted by Gasteiger charge is 2.36. The van der Waals surface area contributed by atoms with Crippen LogP contribution in [0.3, 0.4) is 0 Å². The molecule has 29 heavy (non-hydrogen) atoms. The van der Waals surface area contributed by atoms with Crippen LogP contribution in [-0.2, 0) is 5.60 Å². The van der Waals surface area contributed by atoms with Crippen molar-refractivity contribution in [1.82, 2.24) is 15.0 Å². The van der Waals surface area contributed by atoms with E-state index >= 15 is 0 Å². The summed E-state index contributed by atoms with van der Waals surface area (Å²) in [6.45, 7) is 3.58. The summed E-state index contributed by atoms with van der Waals surface area (Å²) in [4.78, 5) is 13.5. The Balaban J connectivity index is 1.59. The van der Waals surface area contributed by atoms with Crippen molar-refractivity contribution in [1.29, 1.82) is 0 Å². The van der Waals surface area contributed by atoms with Gasteiger partial charge in [0, 0.05) is 11.9 Å². The second-order valence-electron chi connectivity index (χ2n) is 7.63. The molecular formula is C21H23FN4O2S.